The van der Waals surface area contributed by atoms with E-state index in [9.17, 15) is 0 Å². The lowest BCUT2D eigenvalue weighted by Crippen LogP contribution is -2.38. The number of hydrogen-bond donors (Lipinski definition) is 0. The lowest BCUT2D eigenvalue weighted by Gasteiger charge is -2.29. The summed E-state index contributed by atoms with van der Waals surface area (Å²) in [6.45, 7) is 9.08. The highest BCUT2D eigenvalue weighted by Gasteiger charge is 2.29. The Morgan fingerprint density at radius 2 is 1.56 bits per heavy atom. The van der Waals surface area contributed by atoms with Gasteiger partial charge in [-0.05, 0) is 37.2 Å². The molecule has 1 rings (SSSR count). The maximum Gasteiger partial charge on any atom is 0.248 e. The van der Waals surface area contributed by atoms with Crippen LogP contribution in [0.4, 0.5) is 0 Å². The Kier molecular flexibility index (Phi) is 6.48. The minimum Gasteiger partial charge on any atom is -0.544 e. The van der Waals surface area contributed by atoms with Gasteiger partial charge in [-0.1, -0.05) is 57.7 Å². The molecule has 0 aliphatic rings. The molecule has 0 aliphatic carbocycles. The van der Waals surface area contributed by atoms with Gasteiger partial charge >= 0.3 is 0 Å². The molecule has 0 spiro atoms. The van der Waals surface area contributed by atoms with Gasteiger partial charge in [0, 0.05) is 0 Å². The lowest BCUT2D eigenvalue weighted by molar-refractivity contribution is 0.523. The Bertz CT molecular complexity index is 341. The van der Waals surface area contributed by atoms with Gasteiger partial charge in [0.05, 0.1) is 0 Å². The minimum absolute atomic E-state index is 1.11. The van der Waals surface area contributed by atoms with Gasteiger partial charge in [0.25, 0.3) is 0 Å². The van der Waals surface area contributed by atoms with E-state index in [0.717, 1.165) is 5.75 Å². The van der Waals surface area contributed by atoms with Gasteiger partial charge in [-0.3, -0.25) is 0 Å². The highest BCUT2D eigenvalue weighted by atomic mass is 28.4. The van der Waals surface area contributed by atoms with E-state index in [0.29, 0.717) is 0 Å². The Labute approximate surface area is 114 Å². The van der Waals surface area contributed by atoms with Crippen molar-refractivity contribution >= 4 is 8.32 Å². The predicted octanol–water partition coefficient (Wildman–Crippen LogP) is 5.55. The van der Waals surface area contributed by atoms with E-state index in [1.165, 1.54) is 43.3 Å². The highest BCUT2D eigenvalue weighted by Crippen LogP contribution is 2.28. The normalized spacial score (nSPS) is 11.6. The second-order valence-electron chi connectivity index (χ2n) is 5.52. The highest BCUT2D eigenvalue weighted by molar-refractivity contribution is 6.73. The third-order valence-electron chi connectivity index (χ3n) is 3.57. The molecule has 0 bridgehead atoms. The van der Waals surface area contributed by atoms with Gasteiger partial charge < -0.3 is 4.43 Å². The zero-order valence-corrected chi connectivity index (χ0v) is 13.5. The van der Waals surface area contributed by atoms with E-state index in [4.69, 9.17) is 4.43 Å². The van der Waals surface area contributed by atoms with Crippen LogP contribution in [0.1, 0.15) is 45.1 Å². The van der Waals surface area contributed by atoms with Gasteiger partial charge in [-0.15, -0.1) is 0 Å². The number of hydrogen-bond acceptors (Lipinski definition) is 1. The first-order valence-corrected chi connectivity index (χ1v) is 10.2. The van der Waals surface area contributed by atoms with Crippen molar-refractivity contribution in [3.8, 4) is 5.75 Å². The Morgan fingerprint density at radius 1 is 1.00 bits per heavy atom. The van der Waals surface area contributed by atoms with Gasteiger partial charge in [0.1, 0.15) is 5.75 Å². The summed E-state index contributed by atoms with van der Waals surface area (Å²) in [6, 6.07) is 11.0. The van der Waals surface area contributed by atoms with Crippen LogP contribution in [0.2, 0.25) is 18.6 Å². The van der Waals surface area contributed by atoms with Crippen molar-refractivity contribution in [3.63, 3.8) is 0 Å². The molecule has 0 atom stereocenters. The quantitative estimate of drug-likeness (QED) is 0.559. The van der Waals surface area contributed by atoms with E-state index in [1.54, 1.807) is 0 Å². The molecule has 0 radical (unpaired) electrons. The third-order valence-corrected chi connectivity index (χ3v) is 7.10. The summed E-state index contributed by atoms with van der Waals surface area (Å²) in [7, 11) is -1.56. The van der Waals surface area contributed by atoms with Crippen LogP contribution in [0.5, 0.6) is 5.75 Å². The standard InChI is InChI=1S/C16H28OSi/c1-5-7-13-18(4,14-8-6-2)17-16-12-10-9-11-15(16)3/h9-12H,5-8,13-14H2,1-4H3. The van der Waals surface area contributed by atoms with Crippen LogP contribution in [0.3, 0.4) is 0 Å². The molecule has 1 aromatic rings. The van der Waals surface area contributed by atoms with Gasteiger partial charge in [-0.2, -0.15) is 0 Å². The topological polar surface area (TPSA) is 9.23 Å². The van der Waals surface area contributed by atoms with Crippen LogP contribution in [0, 0.1) is 6.92 Å². The summed E-state index contributed by atoms with van der Waals surface area (Å²) in [5.74, 6) is 1.11. The number of unbranched alkanes of at least 4 members (excludes halogenated alkanes) is 2. The molecule has 2 heteroatoms. The first-order chi connectivity index (χ1) is 8.61. The van der Waals surface area contributed by atoms with E-state index in [-0.39, 0.29) is 0 Å². The summed E-state index contributed by atoms with van der Waals surface area (Å²) < 4.78 is 6.48. The summed E-state index contributed by atoms with van der Waals surface area (Å²) in [6.07, 6.45) is 5.15. The molecular weight excluding hydrogens is 236 g/mol. The summed E-state index contributed by atoms with van der Waals surface area (Å²) >= 11 is 0. The molecule has 1 nitrogen and oxygen atoms in total. The molecule has 102 valence electrons. The summed E-state index contributed by atoms with van der Waals surface area (Å²) in [4.78, 5) is 0. The fourth-order valence-electron chi connectivity index (χ4n) is 2.26. The van der Waals surface area contributed by atoms with E-state index < -0.39 is 8.32 Å². The molecule has 0 fully saturated rings. The van der Waals surface area contributed by atoms with Crippen LogP contribution < -0.4 is 4.43 Å². The Balaban J connectivity index is 2.73. The number of para-hydroxylation sites is 1. The monoisotopic (exact) mass is 264 g/mol. The summed E-state index contributed by atoms with van der Waals surface area (Å²) in [5.41, 5.74) is 1.27. The van der Waals surface area contributed by atoms with Crippen LogP contribution in [-0.2, 0) is 0 Å². The predicted molar refractivity (Wildman–Crippen MR) is 82.9 cm³/mol. The molecule has 0 heterocycles. The third kappa shape index (κ3) is 4.85. The maximum atomic E-state index is 6.48. The molecule has 0 aliphatic heterocycles. The fourth-order valence-corrected chi connectivity index (χ4v) is 5.68. The smallest absolute Gasteiger partial charge is 0.248 e. The molecule has 0 unspecified atom stereocenters. The molecular formula is C16H28OSi. The van der Waals surface area contributed by atoms with Crippen LogP contribution in [-0.4, -0.2) is 8.32 Å². The molecule has 1 aromatic carbocycles. The van der Waals surface area contributed by atoms with E-state index in [1.807, 2.05) is 0 Å². The molecule has 0 saturated carbocycles. The molecule has 0 amide bonds. The van der Waals surface area contributed by atoms with Crippen molar-refractivity contribution in [1.82, 2.24) is 0 Å². The second kappa shape index (κ2) is 7.62. The lowest BCUT2D eigenvalue weighted by atomic mass is 10.2. The van der Waals surface area contributed by atoms with Crippen molar-refractivity contribution < 1.29 is 4.43 Å². The Morgan fingerprint density at radius 3 is 2.06 bits per heavy atom. The molecule has 0 saturated heterocycles. The number of aryl methyl sites for hydroxylation is 1. The van der Waals surface area contributed by atoms with Crippen LogP contribution in [0.15, 0.2) is 24.3 Å². The molecule has 0 N–H and O–H groups in total. The van der Waals surface area contributed by atoms with Gasteiger partial charge in [0.15, 0.2) is 0 Å². The summed E-state index contributed by atoms with van der Waals surface area (Å²) in [5, 5.41) is 0. The fraction of sp³-hybridized carbons (Fsp3) is 0.625. The van der Waals surface area contributed by atoms with Crippen LogP contribution >= 0.6 is 0 Å². The number of benzene rings is 1. The van der Waals surface area contributed by atoms with E-state index in [2.05, 4.69) is 51.6 Å². The minimum atomic E-state index is -1.56. The largest absolute Gasteiger partial charge is 0.544 e. The Hall–Kier alpha value is -0.763. The zero-order valence-electron chi connectivity index (χ0n) is 12.5. The zero-order chi connectivity index (χ0) is 13.4. The van der Waals surface area contributed by atoms with Crippen molar-refractivity contribution in [1.29, 1.82) is 0 Å². The van der Waals surface area contributed by atoms with Crippen molar-refractivity contribution in [2.75, 3.05) is 0 Å². The second-order valence-corrected chi connectivity index (χ2v) is 9.63. The SMILES string of the molecule is CCCC[Si](C)(CCCC)Oc1ccccc1C. The average molecular weight is 264 g/mol. The first kappa shape index (κ1) is 15.3. The van der Waals surface area contributed by atoms with Crippen molar-refractivity contribution in [2.24, 2.45) is 0 Å². The van der Waals surface area contributed by atoms with Crippen LogP contribution in [0.25, 0.3) is 0 Å². The average Bonchev–Trinajstić information content (AvgIpc) is 2.37. The number of rotatable bonds is 8. The molecule has 0 aromatic heterocycles. The van der Waals surface area contributed by atoms with Crippen molar-refractivity contribution in [2.45, 2.75) is 65.1 Å². The maximum absolute atomic E-state index is 6.48. The van der Waals surface area contributed by atoms with Crippen molar-refractivity contribution in [3.05, 3.63) is 29.8 Å². The van der Waals surface area contributed by atoms with E-state index >= 15 is 0 Å². The molecule has 18 heavy (non-hydrogen) atoms. The first-order valence-electron chi connectivity index (χ1n) is 7.36. The van der Waals surface area contributed by atoms with Gasteiger partial charge in [-0.25, -0.2) is 0 Å². The van der Waals surface area contributed by atoms with Gasteiger partial charge in [0.2, 0.25) is 8.32 Å².